The van der Waals surface area contributed by atoms with Gasteiger partial charge in [-0.3, -0.25) is 4.79 Å². The van der Waals surface area contributed by atoms with E-state index < -0.39 is 17.6 Å². The summed E-state index contributed by atoms with van der Waals surface area (Å²) in [5, 5.41) is 0. The van der Waals surface area contributed by atoms with Gasteiger partial charge in [0.05, 0.1) is 12.7 Å². The van der Waals surface area contributed by atoms with Crippen molar-refractivity contribution >= 4 is 6.29 Å². The highest BCUT2D eigenvalue weighted by Crippen LogP contribution is 2.35. The van der Waals surface area contributed by atoms with Crippen molar-refractivity contribution in [1.29, 1.82) is 0 Å². The first-order valence-electron chi connectivity index (χ1n) is 5.87. The molecule has 6 heteroatoms. The van der Waals surface area contributed by atoms with Crippen LogP contribution in [-0.2, 0) is 6.18 Å². The zero-order valence-corrected chi connectivity index (χ0v) is 10.9. The van der Waals surface area contributed by atoms with Crippen LogP contribution in [-0.4, -0.2) is 13.4 Å². The zero-order valence-electron chi connectivity index (χ0n) is 10.9. The summed E-state index contributed by atoms with van der Waals surface area (Å²) in [7, 11) is 1.41. The largest absolute Gasteiger partial charge is 0.497 e. The molecule has 0 heterocycles. The van der Waals surface area contributed by atoms with E-state index in [1.54, 1.807) is 0 Å². The summed E-state index contributed by atoms with van der Waals surface area (Å²) in [5.74, 6) is -0.952. The number of ether oxygens (including phenoxy) is 1. The summed E-state index contributed by atoms with van der Waals surface area (Å²) in [6, 6.07) is 6.98. The number of hydrogen-bond donors (Lipinski definition) is 0. The molecule has 0 fully saturated rings. The van der Waals surface area contributed by atoms with E-state index in [1.165, 1.54) is 31.4 Å². The molecule has 21 heavy (non-hydrogen) atoms. The van der Waals surface area contributed by atoms with Crippen LogP contribution in [0.15, 0.2) is 36.4 Å². The molecule has 2 nitrogen and oxygen atoms in total. The lowest BCUT2D eigenvalue weighted by Gasteiger charge is -2.12. The van der Waals surface area contributed by atoms with Crippen LogP contribution in [0, 0.1) is 5.82 Å². The van der Waals surface area contributed by atoms with Crippen molar-refractivity contribution in [1.82, 2.24) is 0 Å². The Balaban J connectivity index is 2.60. The third-order valence-corrected chi connectivity index (χ3v) is 2.97. The summed E-state index contributed by atoms with van der Waals surface area (Å²) in [6.45, 7) is 0. The second kappa shape index (κ2) is 5.55. The summed E-state index contributed by atoms with van der Waals surface area (Å²) in [5.41, 5.74) is -0.827. The Morgan fingerprint density at radius 3 is 2.38 bits per heavy atom. The van der Waals surface area contributed by atoms with Gasteiger partial charge in [-0.1, -0.05) is 6.07 Å². The van der Waals surface area contributed by atoms with Gasteiger partial charge in [-0.25, -0.2) is 4.39 Å². The Bertz CT molecular complexity index is 678. The minimum Gasteiger partial charge on any atom is -0.497 e. The number of hydrogen-bond acceptors (Lipinski definition) is 2. The van der Waals surface area contributed by atoms with E-state index in [0.717, 1.165) is 6.07 Å². The number of methoxy groups -OCH3 is 1. The maximum atomic E-state index is 13.3. The molecular formula is C15H10F4O2. The SMILES string of the molecule is COc1ccc(-c2ccc(F)c(C(F)(F)F)c2)c(C=O)c1. The van der Waals surface area contributed by atoms with Crippen LogP contribution in [0.25, 0.3) is 11.1 Å². The lowest BCUT2D eigenvalue weighted by atomic mass is 9.98. The zero-order chi connectivity index (χ0) is 15.6. The van der Waals surface area contributed by atoms with Gasteiger partial charge in [0, 0.05) is 5.56 Å². The molecule has 0 aliphatic rings. The Kier molecular flexibility index (Phi) is 3.97. The van der Waals surface area contributed by atoms with Gasteiger partial charge in [-0.2, -0.15) is 13.2 Å². The molecule has 2 aromatic rings. The Morgan fingerprint density at radius 1 is 1.10 bits per heavy atom. The molecule has 0 bridgehead atoms. The molecular weight excluding hydrogens is 288 g/mol. The van der Waals surface area contributed by atoms with E-state index in [0.29, 0.717) is 18.1 Å². The second-order valence-corrected chi connectivity index (χ2v) is 4.26. The van der Waals surface area contributed by atoms with Gasteiger partial charge >= 0.3 is 6.18 Å². The van der Waals surface area contributed by atoms with Crippen LogP contribution in [0.2, 0.25) is 0 Å². The first-order valence-corrected chi connectivity index (χ1v) is 5.87. The number of aldehydes is 1. The normalized spacial score (nSPS) is 11.3. The number of carbonyl (C=O) groups excluding carboxylic acids is 1. The fourth-order valence-electron chi connectivity index (χ4n) is 1.94. The Morgan fingerprint density at radius 2 is 1.81 bits per heavy atom. The maximum Gasteiger partial charge on any atom is 0.419 e. The molecule has 0 atom stereocenters. The molecule has 0 aliphatic heterocycles. The van der Waals surface area contributed by atoms with Gasteiger partial charge in [0.1, 0.15) is 11.6 Å². The number of halogens is 4. The second-order valence-electron chi connectivity index (χ2n) is 4.26. The highest BCUT2D eigenvalue weighted by atomic mass is 19.4. The first-order chi connectivity index (χ1) is 9.86. The average molecular weight is 298 g/mol. The molecule has 0 saturated carbocycles. The van der Waals surface area contributed by atoms with E-state index in [-0.39, 0.29) is 16.7 Å². The highest BCUT2D eigenvalue weighted by Gasteiger charge is 2.34. The van der Waals surface area contributed by atoms with Crippen molar-refractivity contribution in [2.24, 2.45) is 0 Å². The fourth-order valence-corrected chi connectivity index (χ4v) is 1.94. The molecule has 110 valence electrons. The number of carbonyl (C=O) groups is 1. The van der Waals surface area contributed by atoms with Gasteiger partial charge < -0.3 is 4.74 Å². The predicted octanol–water partition coefficient (Wildman–Crippen LogP) is 4.33. The molecule has 2 aromatic carbocycles. The molecule has 0 N–H and O–H groups in total. The molecule has 0 aliphatic carbocycles. The molecule has 0 amide bonds. The van der Waals surface area contributed by atoms with E-state index in [2.05, 4.69) is 0 Å². The minimum absolute atomic E-state index is 0.105. The summed E-state index contributed by atoms with van der Waals surface area (Å²) in [6.07, 6.45) is -4.29. The van der Waals surface area contributed by atoms with Crippen LogP contribution in [0.1, 0.15) is 15.9 Å². The van der Waals surface area contributed by atoms with Crippen molar-refractivity contribution in [3.63, 3.8) is 0 Å². The van der Waals surface area contributed by atoms with Crippen LogP contribution >= 0.6 is 0 Å². The highest BCUT2D eigenvalue weighted by molar-refractivity contribution is 5.88. The lowest BCUT2D eigenvalue weighted by Crippen LogP contribution is -2.08. The molecule has 2 rings (SSSR count). The first kappa shape index (κ1) is 15.0. The Labute approximate surface area is 118 Å². The van der Waals surface area contributed by atoms with Gasteiger partial charge in [0.25, 0.3) is 0 Å². The van der Waals surface area contributed by atoms with Crippen molar-refractivity contribution in [3.8, 4) is 16.9 Å². The topological polar surface area (TPSA) is 26.3 Å². The van der Waals surface area contributed by atoms with Gasteiger partial charge in [0.15, 0.2) is 6.29 Å². The third kappa shape index (κ3) is 3.04. The van der Waals surface area contributed by atoms with E-state index >= 15 is 0 Å². The molecule has 0 spiro atoms. The van der Waals surface area contributed by atoms with E-state index in [9.17, 15) is 22.4 Å². The summed E-state index contributed by atoms with van der Waals surface area (Å²) < 4.78 is 56.4. The molecule has 0 aromatic heterocycles. The monoisotopic (exact) mass is 298 g/mol. The van der Waals surface area contributed by atoms with Crippen molar-refractivity contribution in [2.45, 2.75) is 6.18 Å². The predicted molar refractivity (Wildman–Crippen MR) is 68.8 cm³/mol. The maximum absolute atomic E-state index is 13.3. The van der Waals surface area contributed by atoms with Gasteiger partial charge in [-0.15, -0.1) is 0 Å². The lowest BCUT2D eigenvalue weighted by molar-refractivity contribution is -0.139. The third-order valence-electron chi connectivity index (χ3n) is 2.97. The average Bonchev–Trinajstić information content (AvgIpc) is 2.46. The van der Waals surface area contributed by atoms with E-state index in [4.69, 9.17) is 4.74 Å². The summed E-state index contributed by atoms with van der Waals surface area (Å²) in [4.78, 5) is 11.1. The number of alkyl halides is 3. The molecule has 0 saturated heterocycles. The Hall–Kier alpha value is -2.37. The van der Waals surface area contributed by atoms with Crippen LogP contribution < -0.4 is 4.74 Å². The quantitative estimate of drug-likeness (QED) is 0.622. The van der Waals surface area contributed by atoms with Crippen molar-refractivity contribution in [2.75, 3.05) is 7.11 Å². The van der Waals surface area contributed by atoms with Crippen molar-refractivity contribution < 1.29 is 27.1 Å². The van der Waals surface area contributed by atoms with Crippen LogP contribution in [0.4, 0.5) is 17.6 Å². The molecule has 0 radical (unpaired) electrons. The van der Waals surface area contributed by atoms with Crippen LogP contribution in [0.3, 0.4) is 0 Å². The smallest absolute Gasteiger partial charge is 0.419 e. The fraction of sp³-hybridized carbons (Fsp3) is 0.133. The van der Waals surface area contributed by atoms with Gasteiger partial charge in [-0.05, 0) is 41.5 Å². The number of rotatable bonds is 3. The minimum atomic E-state index is -4.80. The van der Waals surface area contributed by atoms with Gasteiger partial charge in [0.2, 0.25) is 0 Å². The van der Waals surface area contributed by atoms with Crippen molar-refractivity contribution in [3.05, 3.63) is 53.3 Å². The van der Waals surface area contributed by atoms with E-state index in [1.807, 2.05) is 0 Å². The molecule has 0 unspecified atom stereocenters. The number of benzene rings is 2. The standard InChI is InChI=1S/C15H10F4O2/c1-21-11-3-4-12(10(6-11)8-20)9-2-5-14(16)13(7-9)15(17,18)19/h2-8H,1H3. The summed E-state index contributed by atoms with van der Waals surface area (Å²) >= 11 is 0. The van der Waals surface area contributed by atoms with Crippen LogP contribution in [0.5, 0.6) is 5.75 Å².